The molecule has 25 heavy (non-hydrogen) atoms. The van der Waals surface area contributed by atoms with E-state index in [1.807, 2.05) is 12.3 Å². The van der Waals surface area contributed by atoms with Gasteiger partial charge in [-0.3, -0.25) is 0 Å². The van der Waals surface area contributed by atoms with Gasteiger partial charge in [-0.25, -0.2) is 4.98 Å². The predicted molar refractivity (Wildman–Crippen MR) is 95.3 cm³/mol. The Hall–Kier alpha value is -2.18. The summed E-state index contributed by atoms with van der Waals surface area (Å²) < 4.78 is 11.6. The van der Waals surface area contributed by atoms with Crippen molar-refractivity contribution < 1.29 is 9.47 Å². The van der Waals surface area contributed by atoms with Crippen molar-refractivity contribution in [3.05, 3.63) is 42.1 Å². The molecule has 3 aliphatic heterocycles. The lowest BCUT2D eigenvalue weighted by Gasteiger charge is -2.38. The van der Waals surface area contributed by atoms with Crippen LogP contribution in [0.2, 0.25) is 0 Å². The van der Waals surface area contributed by atoms with Gasteiger partial charge in [-0.1, -0.05) is 18.2 Å². The van der Waals surface area contributed by atoms with Crippen LogP contribution in [-0.2, 0) is 15.9 Å². The summed E-state index contributed by atoms with van der Waals surface area (Å²) in [5.41, 5.74) is 2.59. The minimum Gasteiger partial charge on any atom is -0.356 e. The van der Waals surface area contributed by atoms with E-state index >= 15 is 0 Å². The SMILES string of the molecule is c1ccc2c(c1)CCN2c1nccc(N2CCC3(CC2)OCCO3)n1. The summed E-state index contributed by atoms with van der Waals surface area (Å²) in [5.74, 6) is 1.43. The van der Waals surface area contributed by atoms with Crippen LogP contribution in [0.4, 0.5) is 17.5 Å². The van der Waals surface area contributed by atoms with Gasteiger partial charge in [0.05, 0.1) is 13.2 Å². The Morgan fingerprint density at radius 1 is 0.960 bits per heavy atom. The van der Waals surface area contributed by atoms with Crippen LogP contribution in [0.5, 0.6) is 0 Å². The molecule has 0 unspecified atom stereocenters. The van der Waals surface area contributed by atoms with Crippen LogP contribution in [0.1, 0.15) is 18.4 Å². The highest BCUT2D eigenvalue weighted by molar-refractivity contribution is 5.66. The van der Waals surface area contributed by atoms with Crippen molar-refractivity contribution >= 4 is 17.5 Å². The summed E-state index contributed by atoms with van der Waals surface area (Å²) in [4.78, 5) is 13.9. The fraction of sp³-hybridized carbons (Fsp3) is 0.474. The molecule has 130 valence electrons. The number of benzene rings is 1. The van der Waals surface area contributed by atoms with Crippen molar-refractivity contribution in [2.75, 3.05) is 42.6 Å². The third kappa shape index (κ3) is 2.65. The minimum absolute atomic E-state index is 0.347. The van der Waals surface area contributed by atoms with E-state index in [-0.39, 0.29) is 5.79 Å². The number of anilines is 3. The molecule has 4 heterocycles. The summed E-state index contributed by atoms with van der Waals surface area (Å²) in [6, 6.07) is 10.5. The lowest BCUT2D eigenvalue weighted by molar-refractivity contribution is -0.169. The monoisotopic (exact) mass is 338 g/mol. The molecule has 1 aromatic heterocycles. The Kier molecular flexibility index (Phi) is 3.60. The zero-order chi connectivity index (χ0) is 16.7. The largest absolute Gasteiger partial charge is 0.356 e. The molecule has 5 rings (SSSR count). The molecule has 6 nitrogen and oxygen atoms in total. The van der Waals surface area contributed by atoms with E-state index in [1.54, 1.807) is 0 Å². The van der Waals surface area contributed by atoms with Gasteiger partial charge in [-0.2, -0.15) is 4.98 Å². The normalized spacial score (nSPS) is 21.8. The van der Waals surface area contributed by atoms with Gasteiger partial charge in [0.2, 0.25) is 5.95 Å². The lowest BCUT2D eigenvalue weighted by atomic mass is 10.0. The Morgan fingerprint density at radius 2 is 1.76 bits per heavy atom. The van der Waals surface area contributed by atoms with E-state index in [1.165, 1.54) is 11.3 Å². The molecule has 2 saturated heterocycles. The fourth-order valence-electron chi connectivity index (χ4n) is 4.05. The highest BCUT2D eigenvalue weighted by Crippen LogP contribution is 2.35. The highest BCUT2D eigenvalue weighted by Gasteiger charge is 2.40. The quantitative estimate of drug-likeness (QED) is 0.839. The van der Waals surface area contributed by atoms with Crippen LogP contribution in [0, 0.1) is 0 Å². The van der Waals surface area contributed by atoms with Crippen molar-refractivity contribution in [2.24, 2.45) is 0 Å². The first kappa shape index (κ1) is 15.1. The van der Waals surface area contributed by atoms with E-state index in [9.17, 15) is 0 Å². The van der Waals surface area contributed by atoms with Crippen LogP contribution >= 0.6 is 0 Å². The number of hydrogen-bond donors (Lipinski definition) is 0. The molecule has 0 N–H and O–H groups in total. The van der Waals surface area contributed by atoms with Crippen LogP contribution in [-0.4, -0.2) is 48.6 Å². The fourth-order valence-corrected chi connectivity index (χ4v) is 4.05. The van der Waals surface area contributed by atoms with Gasteiger partial charge in [0.1, 0.15) is 5.82 Å². The molecule has 1 spiro atoms. The summed E-state index contributed by atoms with van der Waals surface area (Å²) >= 11 is 0. The molecule has 2 fully saturated rings. The first-order valence-corrected chi connectivity index (χ1v) is 9.04. The van der Waals surface area contributed by atoms with Crippen molar-refractivity contribution in [1.29, 1.82) is 0 Å². The smallest absolute Gasteiger partial charge is 0.231 e. The average Bonchev–Trinajstić information content (AvgIpc) is 3.30. The number of piperidine rings is 1. The second kappa shape index (κ2) is 5.97. The maximum Gasteiger partial charge on any atom is 0.231 e. The topological polar surface area (TPSA) is 50.7 Å². The first-order chi connectivity index (χ1) is 12.3. The van der Waals surface area contributed by atoms with Gasteiger partial charge >= 0.3 is 0 Å². The molecule has 2 aromatic rings. The highest BCUT2D eigenvalue weighted by atomic mass is 16.7. The Labute approximate surface area is 147 Å². The van der Waals surface area contributed by atoms with E-state index in [0.29, 0.717) is 13.2 Å². The van der Waals surface area contributed by atoms with Crippen molar-refractivity contribution in [3.63, 3.8) is 0 Å². The number of fused-ring (bicyclic) bond motifs is 1. The van der Waals surface area contributed by atoms with E-state index in [2.05, 4.69) is 39.0 Å². The maximum absolute atomic E-state index is 5.82. The number of nitrogens with zero attached hydrogens (tertiary/aromatic N) is 4. The molecule has 6 heteroatoms. The number of ether oxygens (including phenoxy) is 2. The molecule has 0 radical (unpaired) electrons. The molecule has 0 amide bonds. The van der Waals surface area contributed by atoms with Gasteiger partial charge in [0.15, 0.2) is 5.79 Å². The van der Waals surface area contributed by atoms with E-state index < -0.39 is 0 Å². The molecule has 3 aliphatic rings. The van der Waals surface area contributed by atoms with Crippen molar-refractivity contribution in [2.45, 2.75) is 25.0 Å². The summed E-state index contributed by atoms with van der Waals surface area (Å²) in [5, 5.41) is 0. The van der Waals surface area contributed by atoms with Crippen LogP contribution < -0.4 is 9.80 Å². The Morgan fingerprint density at radius 3 is 2.60 bits per heavy atom. The van der Waals surface area contributed by atoms with Crippen molar-refractivity contribution in [1.82, 2.24) is 9.97 Å². The maximum atomic E-state index is 5.82. The molecule has 0 bridgehead atoms. The minimum atomic E-state index is -0.347. The Bertz CT molecular complexity index is 766. The number of hydrogen-bond acceptors (Lipinski definition) is 6. The van der Waals surface area contributed by atoms with Gasteiger partial charge in [0.25, 0.3) is 0 Å². The van der Waals surface area contributed by atoms with Gasteiger partial charge in [-0.05, 0) is 24.1 Å². The lowest BCUT2D eigenvalue weighted by Crippen LogP contribution is -2.45. The summed E-state index contributed by atoms with van der Waals surface area (Å²) in [6.07, 6.45) is 4.69. The summed E-state index contributed by atoms with van der Waals surface area (Å²) in [7, 11) is 0. The van der Waals surface area contributed by atoms with Gasteiger partial charge in [0, 0.05) is 44.4 Å². The first-order valence-electron chi connectivity index (χ1n) is 9.04. The van der Waals surface area contributed by atoms with Gasteiger partial charge in [-0.15, -0.1) is 0 Å². The van der Waals surface area contributed by atoms with Crippen LogP contribution in [0.25, 0.3) is 0 Å². The van der Waals surface area contributed by atoms with E-state index in [4.69, 9.17) is 14.5 Å². The molecular formula is C19H22N4O2. The van der Waals surface area contributed by atoms with E-state index in [0.717, 1.165) is 50.7 Å². The van der Waals surface area contributed by atoms with Crippen LogP contribution in [0.15, 0.2) is 36.5 Å². The van der Waals surface area contributed by atoms with Crippen molar-refractivity contribution in [3.8, 4) is 0 Å². The molecule has 0 aliphatic carbocycles. The second-order valence-corrected chi connectivity index (χ2v) is 6.84. The third-order valence-electron chi connectivity index (χ3n) is 5.42. The number of rotatable bonds is 2. The Balaban J connectivity index is 1.36. The second-order valence-electron chi connectivity index (χ2n) is 6.84. The number of para-hydroxylation sites is 1. The zero-order valence-corrected chi connectivity index (χ0v) is 14.2. The molecule has 0 atom stereocenters. The molecular weight excluding hydrogens is 316 g/mol. The predicted octanol–water partition coefficient (Wildman–Crippen LogP) is 2.51. The summed E-state index contributed by atoms with van der Waals surface area (Å²) in [6.45, 7) is 4.16. The van der Waals surface area contributed by atoms with Gasteiger partial charge < -0.3 is 19.3 Å². The average molecular weight is 338 g/mol. The van der Waals surface area contributed by atoms with Crippen LogP contribution in [0.3, 0.4) is 0 Å². The molecule has 1 aromatic carbocycles. The number of aromatic nitrogens is 2. The molecule has 0 saturated carbocycles. The third-order valence-corrected chi connectivity index (χ3v) is 5.42. The zero-order valence-electron chi connectivity index (χ0n) is 14.2. The standard InChI is InChI=1S/C19H22N4O2/c1-2-4-16-15(3-1)6-10-23(16)18-20-9-5-17(21-18)22-11-7-19(8-12-22)24-13-14-25-19/h1-5,9H,6-8,10-14H2.